The van der Waals surface area contributed by atoms with Gasteiger partial charge in [-0.2, -0.15) is 0 Å². The summed E-state index contributed by atoms with van der Waals surface area (Å²) in [6.07, 6.45) is 3.06. The van der Waals surface area contributed by atoms with Crippen LogP contribution in [0.3, 0.4) is 0 Å². The van der Waals surface area contributed by atoms with Crippen LogP contribution in [0.1, 0.15) is 37.3 Å². The van der Waals surface area contributed by atoms with Gasteiger partial charge in [-0.05, 0) is 31.7 Å². The standard InChI is InChI=1S/C20H30N2O3S/c1-3-10-26(23,24)21-11-17-18-13-22(12-16-6-4-15(2)5-7-16)14-20(18)9-8-19(17)25-20/h4-7,17-19,21H,3,8-14H2,1-2H3/t17-,18+,19+,20+/m0/s1. The van der Waals surface area contributed by atoms with E-state index in [1.54, 1.807) is 0 Å². The van der Waals surface area contributed by atoms with Gasteiger partial charge in [0.2, 0.25) is 10.0 Å². The molecule has 3 fully saturated rings. The van der Waals surface area contributed by atoms with Crippen molar-refractivity contribution in [2.24, 2.45) is 11.8 Å². The fourth-order valence-corrected chi connectivity index (χ4v) is 6.32. The number of benzene rings is 1. The first-order valence-electron chi connectivity index (χ1n) is 9.84. The number of sulfonamides is 1. The average Bonchev–Trinajstić information content (AvgIpc) is 3.23. The minimum Gasteiger partial charge on any atom is -0.370 e. The summed E-state index contributed by atoms with van der Waals surface area (Å²) in [7, 11) is -3.15. The molecule has 3 saturated heterocycles. The van der Waals surface area contributed by atoms with Crippen LogP contribution >= 0.6 is 0 Å². The Labute approximate surface area is 157 Å². The molecule has 5 nitrogen and oxygen atoms in total. The van der Waals surface area contributed by atoms with Crippen molar-refractivity contribution < 1.29 is 13.2 Å². The average molecular weight is 379 g/mol. The van der Waals surface area contributed by atoms with Crippen molar-refractivity contribution in [3.8, 4) is 0 Å². The molecule has 1 spiro atoms. The summed E-state index contributed by atoms with van der Waals surface area (Å²) in [6.45, 7) is 7.46. The van der Waals surface area contributed by atoms with Crippen LogP contribution in [0.15, 0.2) is 24.3 Å². The van der Waals surface area contributed by atoms with Crippen molar-refractivity contribution in [2.75, 3.05) is 25.4 Å². The fraction of sp³-hybridized carbons (Fsp3) is 0.700. The predicted molar refractivity (Wildman–Crippen MR) is 102 cm³/mol. The van der Waals surface area contributed by atoms with Crippen molar-refractivity contribution in [3.63, 3.8) is 0 Å². The normalized spacial score (nSPS) is 33.7. The molecule has 3 aliphatic rings. The van der Waals surface area contributed by atoms with Crippen LogP contribution in [0, 0.1) is 18.8 Å². The molecule has 3 aliphatic heterocycles. The minimum absolute atomic E-state index is 0.0454. The smallest absolute Gasteiger partial charge is 0.211 e. The highest BCUT2D eigenvalue weighted by atomic mass is 32.2. The molecule has 0 amide bonds. The maximum atomic E-state index is 12.1. The summed E-state index contributed by atoms with van der Waals surface area (Å²) in [5.74, 6) is 0.954. The monoisotopic (exact) mass is 378 g/mol. The van der Waals surface area contributed by atoms with Gasteiger partial charge < -0.3 is 4.74 Å². The zero-order valence-corrected chi connectivity index (χ0v) is 16.6. The minimum atomic E-state index is -3.15. The Morgan fingerprint density at radius 3 is 2.81 bits per heavy atom. The van der Waals surface area contributed by atoms with Crippen LogP contribution in [-0.4, -0.2) is 50.4 Å². The van der Waals surface area contributed by atoms with Gasteiger partial charge in [-0.15, -0.1) is 0 Å². The van der Waals surface area contributed by atoms with E-state index in [2.05, 4.69) is 40.8 Å². The molecule has 4 atom stereocenters. The second-order valence-corrected chi connectivity index (χ2v) is 10.3. The Hall–Kier alpha value is -0.950. The maximum absolute atomic E-state index is 12.1. The van der Waals surface area contributed by atoms with Crippen molar-refractivity contribution in [1.82, 2.24) is 9.62 Å². The number of nitrogens with one attached hydrogen (secondary N) is 1. The molecule has 1 N–H and O–H groups in total. The van der Waals surface area contributed by atoms with Crippen molar-refractivity contribution in [2.45, 2.75) is 51.4 Å². The van der Waals surface area contributed by atoms with E-state index in [9.17, 15) is 8.42 Å². The van der Waals surface area contributed by atoms with Gasteiger partial charge in [0.15, 0.2) is 0 Å². The van der Waals surface area contributed by atoms with Gasteiger partial charge in [0.1, 0.15) is 0 Å². The first kappa shape index (κ1) is 18.4. The van der Waals surface area contributed by atoms with Gasteiger partial charge in [-0.3, -0.25) is 4.90 Å². The van der Waals surface area contributed by atoms with E-state index in [0.717, 1.165) is 32.5 Å². The fourth-order valence-electron chi connectivity index (χ4n) is 5.20. The zero-order valence-electron chi connectivity index (χ0n) is 15.8. The number of nitrogens with zero attached hydrogens (tertiary/aromatic N) is 1. The van der Waals surface area contributed by atoms with Gasteiger partial charge in [-0.25, -0.2) is 13.1 Å². The van der Waals surface area contributed by atoms with Crippen LogP contribution in [-0.2, 0) is 21.3 Å². The molecule has 0 aliphatic carbocycles. The topological polar surface area (TPSA) is 58.6 Å². The van der Waals surface area contributed by atoms with Gasteiger partial charge in [-0.1, -0.05) is 36.8 Å². The number of ether oxygens (including phenoxy) is 1. The van der Waals surface area contributed by atoms with Gasteiger partial charge >= 0.3 is 0 Å². The molecule has 1 aromatic rings. The first-order chi connectivity index (χ1) is 12.4. The Bertz CT molecular complexity index is 749. The van der Waals surface area contributed by atoms with Crippen LogP contribution in [0.5, 0.6) is 0 Å². The summed E-state index contributed by atoms with van der Waals surface area (Å²) >= 11 is 0. The molecule has 0 aromatic heterocycles. The lowest BCUT2D eigenvalue weighted by Gasteiger charge is -2.29. The van der Waals surface area contributed by atoms with Crippen molar-refractivity contribution in [3.05, 3.63) is 35.4 Å². The highest BCUT2D eigenvalue weighted by Gasteiger charge is 2.62. The lowest BCUT2D eigenvalue weighted by Crippen LogP contribution is -2.42. The lowest BCUT2D eigenvalue weighted by molar-refractivity contribution is 0.00220. The predicted octanol–water partition coefficient (Wildman–Crippen LogP) is 2.30. The Morgan fingerprint density at radius 1 is 1.31 bits per heavy atom. The second kappa shape index (κ2) is 6.89. The number of aryl methyl sites for hydroxylation is 1. The van der Waals surface area contributed by atoms with Crippen LogP contribution in [0.4, 0.5) is 0 Å². The SMILES string of the molecule is CCCS(=O)(=O)NC[C@H]1[C@H]2CN(Cc3ccc(C)cc3)C[C@]23CC[C@H]1O3. The number of hydrogen-bond acceptors (Lipinski definition) is 4. The lowest BCUT2D eigenvalue weighted by atomic mass is 9.74. The zero-order chi connectivity index (χ0) is 18.4. The second-order valence-electron chi connectivity index (χ2n) is 8.35. The quantitative estimate of drug-likeness (QED) is 0.791. The third kappa shape index (κ3) is 3.44. The largest absolute Gasteiger partial charge is 0.370 e. The third-order valence-electron chi connectivity index (χ3n) is 6.39. The molecule has 3 heterocycles. The number of likely N-dealkylation sites (tertiary alicyclic amines) is 1. The van der Waals surface area contributed by atoms with E-state index in [1.807, 2.05) is 6.92 Å². The summed E-state index contributed by atoms with van der Waals surface area (Å²) < 4.78 is 33.4. The van der Waals surface area contributed by atoms with Gasteiger partial charge in [0.05, 0.1) is 17.5 Å². The molecule has 4 rings (SSSR count). The Balaban J connectivity index is 1.42. The molecule has 2 bridgehead atoms. The Kier molecular flexibility index (Phi) is 4.88. The van der Waals surface area contributed by atoms with E-state index in [-0.39, 0.29) is 17.5 Å². The van der Waals surface area contributed by atoms with Crippen molar-refractivity contribution in [1.29, 1.82) is 0 Å². The molecular weight excluding hydrogens is 348 g/mol. The molecule has 26 heavy (non-hydrogen) atoms. The molecule has 0 saturated carbocycles. The summed E-state index contributed by atoms with van der Waals surface area (Å²) in [4.78, 5) is 2.49. The molecule has 0 unspecified atom stereocenters. The van der Waals surface area contributed by atoms with Crippen LogP contribution in [0.25, 0.3) is 0 Å². The van der Waals surface area contributed by atoms with Crippen LogP contribution in [0.2, 0.25) is 0 Å². The highest BCUT2D eigenvalue weighted by Crippen LogP contribution is 2.54. The van der Waals surface area contributed by atoms with Gasteiger partial charge in [0.25, 0.3) is 0 Å². The third-order valence-corrected chi connectivity index (χ3v) is 7.95. The Morgan fingerprint density at radius 2 is 2.08 bits per heavy atom. The summed E-state index contributed by atoms with van der Waals surface area (Å²) in [5.41, 5.74) is 2.57. The summed E-state index contributed by atoms with van der Waals surface area (Å²) in [6, 6.07) is 8.74. The summed E-state index contributed by atoms with van der Waals surface area (Å²) in [5, 5.41) is 0. The van der Waals surface area contributed by atoms with E-state index < -0.39 is 10.0 Å². The van der Waals surface area contributed by atoms with E-state index in [0.29, 0.717) is 24.8 Å². The molecule has 1 aromatic carbocycles. The van der Waals surface area contributed by atoms with E-state index in [4.69, 9.17) is 4.74 Å². The highest BCUT2D eigenvalue weighted by molar-refractivity contribution is 7.89. The first-order valence-corrected chi connectivity index (χ1v) is 11.5. The van der Waals surface area contributed by atoms with E-state index >= 15 is 0 Å². The molecular formula is C20H30N2O3S. The molecule has 0 radical (unpaired) electrons. The number of rotatable bonds is 7. The molecule has 144 valence electrons. The maximum Gasteiger partial charge on any atom is 0.211 e. The number of hydrogen-bond donors (Lipinski definition) is 1. The van der Waals surface area contributed by atoms with E-state index in [1.165, 1.54) is 11.1 Å². The number of fused-ring (bicyclic) bond motifs is 1. The molecule has 6 heteroatoms. The van der Waals surface area contributed by atoms with Crippen LogP contribution < -0.4 is 4.72 Å². The van der Waals surface area contributed by atoms with Crippen molar-refractivity contribution >= 4 is 10.0 Å². The van der Waals surface area contributed by atoms with Gasteiger partial charge in [0, 0.05) is 38.0 Å².